The Bertz CT molecular complexity index is 548. The summed E-state index contributed by atoms with van der Waals surface area (Å²) in [6.07, 6.45) is 1.03. The molecule has 5 heteroatoms. The van der Waals surface area contributed by atoms with Crippen LogP contribution in [0.2, 0.25) is 0 Å². The van der Waals surface area contributed by atoms with Crippen molar-refractivity contribution >= 4 is 28.7 Å². The summed E-state index contributed by atoms with van der Waals surface area (Å²) in [6.45, 7) is 2.67. The van der Waals surface area contributed by atoms with Gasteiger partial charge in [-0.2, -0.15) is 0 Å². The summed E-state index contributed by atoms with van der Waals surface area (Å²) in [6, 6.07) is 11.0. The predicted molar refractivity (Wildman–Crippen MR) is 80.4 cm³/mol. The summed E-state index contributed by atoms with van der Waals surface area (Å²) in [5.74, 6) is 0. The van der Waals surface area contributed by atoms with Crippen LogP contribution in [0.5, 0.6) is 0 Å². The first-order valence-electron chi connectivity index (χ1n) is 6.15. The Morgan fingerprint density at radius 1 is 1.16 bits per heavy atom. The second-order valence-electron chi connectivity index (χ2n) is 4.15. The van der Waals surface area contributed by atoms with E-state index >= 15 is 0 Å². The van der Waals surface area contributed by atoms with Crippen LogP contribution in [-0.2, 0) is 13.0 Å². The van der Waals surface area contributed by atoms with E-state index in [4.69, 9.17) is 5.73 Å². The van der Waals surface area contributed by atoms with Gasteiger partial charge >= 0.3 is 6.03 Å². The summed E-state index contributed by atoms with van der Waals surface area (Å²) >= 11 is 1.72. The molecule has 0 unspecified atom stereocenters. The number of urea groups is 1. The lowest BCUT2D eigenvalue weighted by molar-refractivity contribution is 0.252. The first-order chi connectivity index (χ1) is 9.17. The van der Waals surface area contributed by atoms with Crippen molar-refractivity contribution in [1.82, 2.24) is 5.32 Å². The van der Waals surface area contributed by atoms with Gasteiger partial charge in [-0.3, -0.25) is 0 Å². The van der Waals surface area contributed by atoms with E-state index in [2.05, 4.69) is 23.6 Å². The van der Waals surface area contributed by atoms with E-state index in [1.165, 1.54) is 4.88 Å². The maximum absolute atomic E-state index is 11.7. The van der Waals surface area contributed by atoms with Crippen molar-refractivity contribution in [2.75, 3.05) is 11.1 Å². The van der Waals surface area contributed by atoms with Gasteiger partial charge in [0.05, 0.1) is 6.54 Å². The summed E-state index contributed by atoms with van der Waals surface area (Å²) in [4.78, 5) is 14.2. The van der Waals surface area contributed by atoms with Crippen LogP contribution < -0.4 is 16.4 Å². The smallest absolute Gasteiger partial charge is 0.319 e. The molecule has 0 radical (unpaired) electrons. The molecular formula is C14H17N3OS. The van der Waals surface area contributed by atoms with Crippen LogP contribution in [0.4, 0.5) is 16.2 Å². The second kappa shape index (κ2) is 6.24. The first kappa shape index (κ1) is 13.4. The van der Waals surface area contributed by atoms with Crippen molar-refractivity contribution in [3.63, 3.8) is 0 Å². The van der Waals surface area contributed by atoms with Gasteiger partial charge in [0.2, 0.25) is 0 Å². The van der Waals surface area contributed by atoms with Crippen molar-refractivity contribution in [3.05, 3.63) is 46.2 Å². The van der Waals surface area contributed by atoms with Crippen molar-refractivity contribution in [2.45, 2.75) is 19.9 Å². The number of benzene rings is 1. The summed E-state index contributed by atoms with van der Waals surface area (Å²) in [5, 5.41) is 5.59. The molecule has 0 aliphatic rings. The lowest BCUT2D eigenvalue weighted by Crippen LogP contribution is -2.27. The molecule has 0 saturated heterocycles. The monoisotopic (exact) mass is 275 g/mol. The fourth-order valence-corrected chi connectivity index (χ4v) is 2.51. The fourth-order valence-electron chi connectivity index (χ4n) is 1.62. The number of nitrogens with two attached hydrogens (primary N) is 1. The normalized spacial score (nSPS) is 10.2. The summed E-state index contributed by atoms with van der Waals surface area (Å²) < 4.78 is 0. The SMILES string of the molecule is CCc1ccc(CNC(=O)Nc2ccc(N)cc2)s1. The molecule has 19 heavy (non-hydrogen) atoms. The van der Waals surface area contributed by atoms with Gasteiger partial charge in [0.1, 0.15) is 0 Å². The van der Waals surface area contributed by atoms with Crippen LogP contribution in [0, 0.1) is 0 Å². The molecule has 2 amide bonds. The van der Waals surface area contributed by atoms with E-state index in [1.807, 2.05) is 6.07 Å². The molecule has 0 aliphatic carbocycles. The van der Waals surface area contributed by atoms with Gasteiger partial charge in [-0.25, -0.2) is 4.79 Å². The zero-order valence-corrected chi connectivity index (χ0v) is 11.6. The van der Waals surface area contributed by atoms with Gasteiger partial charge in [0, 0.05) is 21.1 Å². The number of hydrogen-bond donors (Lipinski definition) is 3. The Morgan fingerprint density at radius 3 is 2.47 bits per heavy atom. The number of amides is 2. The number of carbonyl (C=O) groups excluding carboxylic acids is 1. The third-order valence-electron chi connectivity index (χ3n) is 2.66. The predicted octanol–water partition coefficient (Wildman–Crippen LogP) is 3.21. The number of thiophene rings is 1. The number of aryl methyl sites for hydroxylation is 1. The first-order valence-corrected chi connectivity index (χ1v) is 6.97. The fraction of sp³-hybridized carbons (Fsp3) is 0.214. The third-order valence-corrected chi connectivity index (χ3v) is 3.89. The molecule has 2 aromatic rings. The number of nitrogens with one attached hydrogen (secondary N) is 2. The second-order valence-corrected chi connectivity index (χ2v) is 5.40. The van der Waals surface area contributed by atoms with Gasteiger partial charge in [-0.15, -0.1) is 11.3 Å². The van der Waals surface area contributed by atoms with E-state index in [0.29, 0.717) is 12.2 Å². The molecule has 1 aromatic carbocycles. The van der Waals surface area contributed by atoms with Crippen LogP contribution in [0.25, 0.3) is 0 Å². The molecule has 0 spiro atoms. The quantitative estimate of drug-likeness (QED) is 0.750. The topological polar surface area (TPSA) is 67.2 Å². The van der Waals surface area contributed by atoms with E-state index in [0.717, 1.165) is 17.0 Å². The minimum absolute atomic E-state index is 0.212. The van der Waals surface area contributed by atoms with Crippen molar-refractivity contribution in [3.8, 4) is 0 Å². The zero-order chi connectivity index (χ0) is 13.7. The van der Waals surface area contributed by atoms with Crippen molar-refractivity contribution < 1.29 is 4.79 Å². The van der Waals surface area contributed by atoms with E-state index in [1.54, 1.807) is 35.6 Å². The van der Waals surface area contributed by atoms with Gasteiger partial charge in [0.25, 0.3) is 0 Å². The van der Waals surface area contributed by atoms with E-state index in [-0.39, 0.29) is 6.03 Å². The number of rotatable bonds is 4. The van der Waals surface area contributed by atoms with Gasteiger partial charge < -0.3 is 16.4 Å². The van der Waals surface area contributed by atoms with Gasteiger partial charge in [-0.05, 0) is 42.8 Å². The maximum atomic E-state index is 11.7. The van der Waals surface area contributed by atoms with Crippen LogP contribution in [0.1, 0.15) is 16.7 Å². The summed E-state index contributed by atoms with van der Waals surface area (Å²) in [7, 11) is 0. The average molecular weight is 275 g/mol. The summed E-state index contributed by atoms with van der Waals surface area (Å²) in [5.41, 5.74) is 6.99. The van der Waals surface area contributed by atoms with Gasteiger partial charge in [-0.1, -0.05) is 6.92 Å². The molecule has 4 nitrogen and oxygen atoms in total. The molecule has 0 atom stereocenters. The zero-order valence-electron chi connectivity index (χ0n) is 10.8. The number of hydrogen-bond acceptors (Lipinski definition) is 3. The van der Waals surface area contributed by atoms with E-state index in [9.17, 15) is 4.79 Å². The van der Waals surface area contributed by atoms with Crippen LogP contribution in [0.15, 0.2) is 36.4 Å². The lowest BCUT2D eigenvalue weighted by atomic mass is 10.3. The molecule has 0 fully saturated rings. The van der Waals surface area contributed by atoms with Crippen LogP contribution in [0.3, 0.4) is 0 Å². The molecule has 0 aliphatic heterocycles. The molecule has 0 saturated carbocycles. The molecule has 1 aromatic heterocycles. The highest BCUT2D eigenvalue weighted by Crippen LogP contribution is 2.16. The molecule has 2 rings (SSSR count). The molecule has 1 heterocycles. The Balaban J connectivity index is 1.82. The number of nitrogen functional groups attached to an aromatic ring is 1. The largest absolute Gasteiger partial charge is 0.399 e. The van der Waals surface area contributed by atoms with Crippen molar-refractivity contribution in [2.24, 2.45) is 0 Å². The minimum Gasteiger partial charge on any atom is -0.399 e. The van der Waals surface area contributed by atoms with Gasteiger partial charge in [0.15, 0.2) is 0 Å². The Kier molecular flexibility index (Phi) is 4.41. The highest BCUT2D eigenvalue weighted by Gasteiger charge is 2.03. The standard InChI is InChI=1S/C14H17N3OS/c1-2-12-7-8-13(19-12)9-16-14(18)17-11-5-3-10(15)4-6-11/h3-8H,2,9,15H2,1H3,(H2,16,17,18). The van der Waals surface area contributed by atoms with E-state index < -0.39 is 0 Å². The number of carbonyl (C=O) groups is 1. The number of anilines is 2. The third kappa shape index (κ3) is 3.99. The Labute approximate surface area is 116 Å². The molecule has 100 valence electrons. The van der Waals surface area contributed by atoms with Crippen LogP contribution >= 0.6 is 11.3 Å². The highest BCUT2D eigenvalue weighted by molar-refractivity contribution is 7.11. The molecular weight excluding hydrogens is 258 g/mol. The van der Waals surface area contributed by atoms with Crippen LogP contribution in [-0.4, -0.2) is 6.03 Å². The lowest BCUT2D eigenvalue weighted by Gasteiger charge is -2.06. The Hall–Kier alpha value is -2.01. The highest BCUT2D eigenvalue weighted by atomic mass is 32.1. The Morgan fingerprint density at radius 2 is 1.84 bits per heavy atom. The minimum atomic E-state index is -0.212. The maximum Gasteiger partial charge on any atom is 0.319 e. The average Bonchev–Trinajstić information content (AvgIpc) is 2.87. The molecule has 0 bridgehead atoms. The molecule has 4 N–H and O–H groups in total. The van der Waals surface area contributed by atoms with Crippen molar-refractivity contribution in [1.29, 1.82) is 0 Å².